The highest BCUT2D eigenvalue weighted by Gasteiger charge is 2.31. The van der Waals surface area contributed by atoms with E-state index in [4.69, 9.17) is 5.53 Å². The lowest BCUT2D eigenvalue weighted by Gasteiger charge is -2.10. The highest BCUT2D eigenvalue weighted by Crippen LogP contribution is 2.33. The number of halogens is 3. The standard InChI is InChI=1S/C11H8F3N5/c1-7-5-19(6-16-7)10-3-8(11(12,13)14)2-9(4-10)17-18-15/h2-6H,1H3. The van der Waals surface area contributed by atoms with Crippen LogP contribution in [0.4, 0.5) is 18.9 Å². The molecule has 0 spiro atoms. The number of aromatic nitrogens is 2. The Morgan fingerprint density at radius 3 is 2.58 bits per heavy atom. The predicted octanol–water partition coefficient (Wildman–Crippen LogP) is 4.14. The van der Waals surface area contributed by atoms with Crippen molar-refractivity contribution in [2.24, 2.45) is 5.11 Å². The largest absolute Gasteiger partial charge is 0.416 e. The molecule has 0 saturated heterocycles. The van der Waals surface area contributed by atoms with Gasteiger partial charge < -0.3 is 4.57 Å². The molecule has 5 nitrogen and oxygen atoms in total. The van der Waals surface area contributed by atoms with Crippen LogP contribution in [0.15, 0.2) is 35.8 Å². The van der Waals surface area contributed by atoms with Crippen LogP contribution in [0, 0.1) is 6.92 Å². The van der Waals surface area contributed by atoms with Crippen LogP contribution >= 0.6 is 0 Å². The molecule has 0 aliphatic carbocycles. The molecule has 0 bridgehead atoms. The molecule has 2 rings (SSSR count). The molecular formula is C11H8F3N5. The topological polar surface area (TPSA) is 66.6 Å². The fraction of sp³-hybridized carbons (Fsp3) is 0.182. The van der Waals surface area contributed by atoms with Gasteiger partial charge in [-0.25, -0.2) is 4.98 Å². The fourth-order valence-electron chi connectivity index (χ4n) is 1.58. The maximum atomic E-state index is 12.7. The zero-order chi connectivity index (χ0) is 14.0. The van der Waals surface area contributed by atoms with Crippen LogP contribution in [0.5, 0.6) is 0 Å². The van der Waals surface area contributed by atoms with Gasteiger partial charge in [0.05, 0.1) is 17.6 Å². The van der Waals surface area contributed by atoms with Crippen LogP contribution in [-0.2, 0) is 6.18 Å². The van der Waals surface area contributed by atoms with Gasteiger partial charge in [-0.1, -0.05) is 5.11 Å². The highest BCUT2D eigenvalue weighted by molar-refractivity contribution is 5.51. The third-order valence-electron chi connectivity index (χ3n) is 2.40. The third kappa shape index (κ3) is 2.86. The van der Waals surface area contributed by atoms with Gasteiger partial charge in [-0.2, -0.15) is 13.2 Å². The average molecular weight is 267 g/mol. The van der Waals surface area contributed by atoms with E-state index in [1.54, 1.807) is 13.1 Å². The van der Waals surface area contributed by atoms with Gasteiger partial charge in [0.2, 0.25) is 0 Å². The van der Waals surface area contributed by atoms with E-state index >= 15 is 0 Å². The summed E-state index contributed by atoms with van der Waals surface area (Å²) in [5.41, 5.74) is 8.27. The minimum atomic E-state index is -4.51. The summed E-state index contributed by atoms with van der Waals surface area (Å²) in [6.45, 7) is 1.72. The van der Waals surface area contributed by atoms with Crippen LogP contribution in [0.25, 0.3) is 16.1 Å². The number of alkyl halides is 3. The minimum absolute atomic E-state index is 0.0984. The normalized spacial score (nSPS) is 11.2. The summed E-state index contributed by atoms with van der Waals surface area (Å²) in [6.07, 6.45) is -1.54. The van der Waals surface area contributed by atoms with E-state index in [1.165, 1.54) is 17.0 Å². The summed E-state index contributed by atoms with van der Waals surface area (Å²) >= 11 is 0. The Bertz CT molecular complexity index is 653. The third-order valence-corrected chi connectivity index (χ3v) is 2.40. The van der Waals surface area contributed by atoms with E-state index in [9.17, 15) is 13.2 Å². The lowest BCUT2D eigenvalue weighted by atomic mass is 10.1. The molecule has 0 radical (unpaired) electrons. The van der Waals surface area contributed by atoms with E-state index in [2.05, 4.69) is 15.0 Å². The molecular weight excluding hydrogens is 259 g/mol. The molecule has 1 heterocycles. The van der Waals surface area contributed by atoms with Crippen molar-refractivity contribution in [1.29, 1.82) is 0 Å². The second-order valence-electron chi connectivity index (χ2n) is 3.85. The number of aryl methyl sites for hydroxylation is 1. The number of hydrogen-bond acceptors (Lipinski definition) is 2. The summed E-state index contributed by atoms with van der Waals surface area (Å²) in [4.78, 5) is 6.44. The van der Waals surface area contributed by atoms with E-state index in [1.807, 2.05) is 0 Å². The Labute approximate surface area is 105 Å². The van der Waals surface area contributed by atoms with E-state index in [0.29, 0.717) is 5.69 Å². The summed E-state index contributed by atoms with van der Waals surface area (Å²) in [6, 6.07) is 3.13. The Hall–Kier alpha value is -2.47. The predicted molar refractivity (Wildman–Crippen MR) is 62.1 cm³/mol. The summed E-state index contributed by atoms with van der Waals surface area (Å²) in [7, 11) is 0. The lowest BCUT2D eigenvalue weighted by Crippen LogP contribution is -2.05. The SMILES string of the molecule is Cc1cn(-c2cc(N=[N+]=[N-])cc(C(F)(F)F)c2)cn1. The number of azide groups is 1. The molecule has 0 aliphatic rings. The molecule has 1 aromatic heterocycles. The quantitative estimate of drug-likeness (QED) is 0.458. The molecule has 0 fully saturated rings. The van der Waals surface area contributed by atoms with E-state index in [-0.39, 0.29) is 11.4 Å². The average Bonchev–Trinajstić information content (AvgIpc) is 2.75. The first kappa shape index (κ1) is 13.0. The van der Waals surface area contributed by atoms with Gasteiger partial charge in [-0.15, -0.1) is 0 Å². The van der Waals surface area contributed by atoms with Crippen molar-refractivity contribution in [2.75, 3.05) is 0 Å². The first-order valence-corrected chi connectivity index (χ1v) is 5.18. The van der Waals surface area contributed by atoms with Crippen molar-refractivity contribution in [3.8, 4) is 5.69 Å². The molecule has 98 valence electrons. The smallest absolute Gasteiger partial charge is 0.306 e. The number of benzene rings is 1. The molecule has 1 aromatic carbocycles. The highest BCUT2D eigenvalue weighted by atomic mass is 19.4. The van der Waals surface area contributed by atoms with Crippen molar-refractivity contribution >= 4 is 5.69 Å². The maximum absolute atomic E-state index is 12.7. The molecule has 0 atom stereocenters. The number of imidazole rings is 1. The summed E-state index contributed by atoms with van der Waals surface area (Å²) in [5, 5.41) is 3.22. The summed E-state index contributed by atoms with van der Waals surface area (Å²) < 4.78 is 39.7. The fourth-order valence-corrected chi connectivity index (χ4v) is 1.58. The molecule has 0 N–H and O–H groups in total. The second kappa shape index (κ2) is 4.66. The van der Waals surface area contributed by atoms with Crippen molar-refractivity contribution < 1.29 is 13.2 Å². The number of rotatable bonds is 2. The van der Waals surface area contributed by atoms with Gasteiger partial charge in [0, 0.05) is 22.5 Å². The molecule has 19 heavy (non-hydrogen) atoms. The van der Waals surface area contributed by atoms with Gasteiger partial charge >= 0.3 is 6.18 Å². The molecule has 8 heteroatoms. The molecule has 2 aromatic rings. The number of nitrogens with zero attached hydrogens (tertiary/aromatic N) is 5. The van der Waals surface area contributed by atoms with Gasteiger partial charge in [0.25, 0.3) is 0 Å². The Balaban J connectivity index is 2.60. The van der Waals surface area contributed by atoms with Gasteiger partial charge in [0.15, 0.2) is 0 Å². The van der Waals surface area contributed by atoms with Crippen molar-refractivity contribution in [2.45, 2.75) is 13.1 Å². The zero-order valence-electron chi connectivity index (χ0n) is 9.76. The van der Waals surface area contributed by atoms with Crippen LogP contribution in [0.1, 0.15) is 11.3 Å². The molecule has 0 saturated carbocycles. The minimum Gasteiger partial charge on any atom is -0.306 e. The van der Waals surface area contributed by atoms with E-state index in [0.717, 1.165) is 12.1 Å². The number of hydrogen-bond donors (Lipinski definition) is 0. The second-order valence-corrected chi connectivity index (χ2v) is 3.85. The molecule has 0 amide bonds. The van der Waals surface area contributed by atoms with Crippen molar-refractivity contribution in [3.63, 3.8) is 0 Å². The first-order chi connectivity index (χ1) is 8.90. The Kier molecular flexibility index (Phi) is 3.18. The van der Waals surface area contributed by atoms with Crippen molar-refractivity contribution in [1.82, 2.24) is 9.55 Å². The first-order valence-electron chi connectivity index (χ1n) is 5.18. The molecule has 0 unspecified atom stereocenters. The Morgan fingerprint density at radius 2 is 2.05 bits per heavy atom. The zero-order valence-corrected chi connectivity index (χ0v) is 9.76. The van der Waals surface area contributed by atoms with Crippen LogP contribution in [0.3, 0.4) is 0 Å². The monoisotopic (exact) mass is 267 g/mol. The van der Waals surface area contributed by atoms with Gasteiger partial charge in [0.1, 0.15) is 0 Å². The van der Waals surface area contributed by atoms with Crippen LogP contribution in [-0.4, -0.2) is 9.55 Å². The summed E-state index contributed by atoms with van der Waals surface area (Å²) in [5.74, 6) is 0. The lowest BCUT2D eigenvalue weighted by molar-refractivity contribution is -0.137. The van der Waals surface area contributed by atoms with Crippen molar-refractivity contribution in [3.05, 3.63) is 52.4 Å². The van der Waals surface area contributed by atoms with Gasteiger partial charge in [-0.3, -0.25) is 0 Å². The van der Waals surface area contributed by atoms with Crippen LogP contribution < -0.4 is 0 Å². The Morgan fingerprint density at radius 1 is 1.32 bits per heavy atom. The van der Waals surface area contributed by atoms with Crippen LogP contribution in [0.2, 0.25) is 0 Å². The molecule has 0 aliphatic heterocycles. The van der Waals surface area contributed by atoms with Gasteiger partial charge in [-0.05, 0) is 30.7 Å². The maximum Gasteiger partial charge on any atom is 0.416 e. The van der Waals surface area contributed by atoms with E-state index < -0.39 is 11.7 Å².